The molecule has 0 heterocycles. The van der Waals surface area contributed by atoms with E-state index in [-0.39, 0.29) is 120 Å². The Morgan fingerprint density at radius 1 is 0.875 bits per heavy atom. The van der Waals surface area contributed by atoms with Crippen molar-refractivity contribution in [2.75, 3.05) is 0 Å². The van der Waals surface area contributed by atoms with Gasteiger partial charge in [-0.15, -0.1) is 5.11 Å². The van der Waals surface area contributed by atoms with Gasteiger partial charge in [-0.2, -0.15) is 21.9 Å². The zero-order chi connectivity index (χ0) is 22.3. The molecule has 0 spiro atoms. The van der Waals surface area contributed by atoms with E-state index in [4.69, 9.17) is 0 Å². The van der Waals surface area contributed by atoms with Crippen LogP contribution in [0.5, 0.6) is 5.75 Å². The van der Waals surface area contributed by atoms with Crippen LogP contribution in [0.3, 0.4) is 0 Å². The number of aromatic carboxylic acids is 1. The zero-order valence-electron chi connectivity index (χ0n) is 16.0. The number of fused-ring (bicyclic) bond motifs is 1. The smallest absolute Gasteiger partial charge is 0.870 e. The summed E-state index contributed by atoms with van der Waals surface area (Å²) in [5.74, 6) is -2.55. The van der Waals surface area contributed by atoms with E-state index in [0.29, 0.717) is 0 Å². The molecule has 0 saturated carbocycles. The molecule has 0 aliphatic rings. The molecule has 0 atom stereocenters. The van der Waals surface area contributed by atoms with Gasteiger partial charge >= 0.3 is 104 Å². The molecule has 0 aliphatic heterocycles. The number of benzene rings is 3. The van der Waals surface area contributed by atoms with Crippen molar-refractivity contribution in [2.24, 2.45) is 10.2 Å². The van der Waals surface area contributed by atoms with Gasteiger partial charge in [0, 0.05) is 5.39 Å². The molecule has 11 nitrogen and oxygen atoms in total. The summed E-state index contributed by atoms with van der Waals surface area (Å²) in [5, 5.41) is 28.9. The first-order valence-electron chi connectivity index (χ1n) is 7.86. The Morgan fingerprint density at radius 3 is 2.06 bits per heavy atom. The largest absolute Gasteiger partial charge is 2.00 e. The number of carboxylic acid groups (broad SMARTS) is 1. The maximum absolute atomic E-state index is 12.6. The van der Waals surface area contributed by atoms with Gasteiger partial charge < -0.3 is 10.2 Å². The molecule has 0 aliphatic carbocycles. The zero-order valence-corrected chi connectivity index (χ0v) is 26.5. The van der Waals surface area contributed by atoms with E-state index in [0.717, 1.165) is 24.3 Å². The molecule has 15 heteroatoms. The Morgan fingerprint density at radius 2 is 1.50 bits per heavy atom. The van der Waals surface area contributed by atoms with Crippen molar-refractivity contribution < 1.29 is 40.9 Å². The predicted octanol–water partition coefficient (Wildman–Crippen LogP) is 1.76. The normalized spacial score (nSPS) is 11.7. The van der Waals surface area contributed by atoms with Crippen LogP contribution in [0.2, 0.25) is 0 Å². The summed E-state index contributed by atoms with van der Waals surface area (Å²) in [6.07, 6.45) is 0. The van der Waals surface area contributed by atoms with Crippen LogP contribution in [-0.2, 0) is 20.2 Å². The van der Waals surface area contributed by atoms with Crippen molar-refractivity contribution in [1.82, 2.24) is 0 Å². The number of hydrogen-bond acceptors (Lipinski definition) is 8. The fraction of sp³-hybridized carbons (Fsp3) is 0. The number of carboxylic acids is 1. The SMILES string of the molecule is O=C(O)c1ccccc1N=Nc1c([O-])c(S(=O)(=O)O)cc2cc(S(=O)(=O)O)ccc12.[Ba+2].[Ba+2]. The van der Waals surface area contributed by atoms with Crippen molar-refractivity contribution in [3.8, 4) is 5.75 Å². The maximum Gasteiger partial charge on any atom is 2.00 e. The predicted molar refractivity (Wildman–Crippen MR) is 112 cm³/mol. The number of hydrogen-bond donors (Lipinski definition) is 3. The van der Waals surface area contributed by atoms with Gasteiger partial charge in [0.2, 0.25) is 0 Å². The van der Waals surface area contributed by atoms with Crippen molar-refractivity contribution in [3.63, 3.8) is 0 Å². The second-order valence-electron chi connectivity index (χ2n) is 5.91. The average Bonchev–Trinajstić information content (AvgIpc) is 2.65. The Balaban J connectivity index is 0.00000256. The summed E-state index contributed by atoms with van der Waals surface area (Å²) in [6, 6.07) is 9.08. The molecule has 3 aromatic carbocycles. The molecule has 32 heavy (non-hydrogen) atoms. The minimum Gasteiger partial charge on any atom is -0.870 e. The summed E-state index contributed by atoms with van der Waals surface area (Å²) >= 11 is 0. The van der Waals surface area contributed by atoms with Crippen LogP contribution in [0.1, 0.15) is 10.4 Å². The summed E-state index contributed by atoms with van der Waals surface area (Å²) in [5.41, 5.74) is -0.954. The van der Waals surface area contributed by atoms with Crippen molar-refractivity contribution >= 4 is 146 Å². The topological polar surface area (TPSA) is 194 Å². The van der Waals surface area contributed by atoms with Gasteiger partial charge in [0.15, 0.2) is 0 Å². The van der Waals surface area contributed by atoms with E-state index in [2.05, 4.69) is 10.2 Å². The second-order valence-corrected chi connectivity index (χ2v) is 8.72. The van der Waals surface area contributed by atoms with Crippen LogP contribution < -0.4 is 5.11 Å². The van der Waals surface area contributed by atoms with Crippen LogP contribution in [0.4, 0.5) is 11.4 Å². The molecule has 3 aromatic rings. The minimum atomic E-state index is -5.02. The fourth-order valence-electron chi connectivity index (χ4n) is 2.62. The van der Waals surface area contributed by atoms with Gasteiger partial charge in [-0.25, -0.2) is 4.79 Å². The maximum atomic E-state index is 12.6. The standard InChI is InChI=1S/C17H12N2O9S2.2Ba/c20-16-14(30(26,27)28)8-9-7-10(29(23,24)25)5-6-11(9)15(16)19-18-13-4-2-1-3-12(13)17(21)22;;/h1-8,20H,(H,21,22)(H,23,24,25)(H,26,27,28);;/q;2*+2/p-1. The van der Waals surface area contributed by atoms with E-state index in [9.17, 15) is 40.9 Å². The van der Waals surface area contributed by atoms with Gasteiger partial charge in [-0.3, -0.25) is 9.11 Å². The third-order valence-corrected chi connectivity index (χ3v) is 5.68. The van der Waals surface area contributed by atoms with Gasteiger partial charge in [0.05, 0.1) is 21.0 Å². The molecule has 3 rings (SSSR count). The minimum absolute atomic E-state index is 0. The van der Waals surface area contributed by atoms with Crippen molar-refractivity contribution in [1.29, 1.82) is 0 Å². The first-order valence-corrected chi connectivity index (χ1v) is 10.7. The summed E-state index contributed by atoms with van der Waals surface area (Å²) in [4.78, 5) is 9.59. The van der Waals surface area contributed by atoms with Crippen molar-refractivity contribution in [2.45, 2.75) is 9.79 Å². The monoisotopic (exact) mass is 727 g/mol. The second kappa shape index (κ2) is 11.5. The fourth-order valence-corrected chi connectivity index (χ4v) is 3.74. The van der Waals surface area contributed by atoms with E-state index in [1.807, 2.05) is 0 Å². The van der Waals surface area contributed by atoms with E-state index < -0.39 is 47.4 Å². The summed E-state index contributed by atoms with van der Waals surface area (Å²) < 4.78 is 64.4. The molecule has 0 radical (unpaired) electrons. The first-order chi connectivity index (χ1) is 13.9. The third kappa shape index (κ3) is 6.66. The molecule has 0 aromatic heterocycles. The number of nitrogens with zero attached hydrogens (tertiary/aromatic N) is 2. The van der Waals surface area contributed by atoms with E-state index >= 15 is 0 Å². The summed E-state index contributed by atoms with van der Waals surface area (Å²) in [6.45, 7) is 0. The van der Waals surface area contributed by atoms with Crippen LogP contribution in [0.15, 0.2) is 68.6 Å². The van der Waals surface area contributed by atoms with Gasteiger partial charge in [0.25, 0.3) is 20.2 Å². The molecule has 156 valence electrons. The molecule has 0 bridgehead atoms. The molecule has 0 saturated heterocycles. The van der Waals surface area contributed by atoms with Crippen LogP contribution in [0, 0.1) is 0 Å². The Bertz CT molecular complexity index is 1440. The number of rotatable bonds is 5. The van der Waals surface area contributed by atoms with Crippen LogP contribution in [0.25, 0.3) is 10.8 Å². The number of azo groups is 1. The van der Waals surface area contributed by atoms with Gasteiger partial charge in [-0.05, 0) is 35.7 Å². The molecule has 0 fully saturated rings. The molecular formula is C17H11Ba2N2O9S2+3. The summed E-state index contributed by atoms with van der Waals surface area (Å²) in [7, 11) is -9.67. The van der Waals surface area contributed by atoms with Crippen LogP contribution >= 0.6 is 0 Å². The van der Waals surface area contributed by atoms with E-state index in [1.165, 1.54) is 24.3 Å². The quantitative estimate of drug-likeness (QED) is 0.200. The first kappa shape index (κ1) is 29.8. The van der Waals surface area contributed by atoms with Crippen molar-refractivity contribution in [3.05, 3.63) is 54.1 Å². The molecule has 3 N–H and O–H groups in total. The molecular weight excluding hydrogens is 715 g/mol. The van der Waals surface area contributed by atoms with Gasteiger partial charge in [0.1, 0.15) is 5.69 Å². The average molecular weight is 726 g/mol. The Kier molecular flexibility index (Phi) is 10.7. The van der Waals surface area contributed by atoms with Crippen LogP contribution in [-0.4, -0.2) is 135 Å². The number of carbonyl (C=O) groups is 1. The van der Waals surface area contributed by atoms with Gasteiger partial charge in [-0.1, -0.05) is 23.9 Å². The third-order valence-electron chi connectivity index (χ3n) is 3.97. The Hall–Kier alpha value is -0.247. The Labute approximate surface area is 262 Å². The molecule has 0 unspecified atom stereocenters. The molecule has 0 amide bonds. The van der Waals surface area contributed by atoms with E-state index in [1.54, 1.807) is 0 Å².